The number of hydrogen-bond acceptors (Lipinski definition) is 14. The fourth-order valence-electron chi connectivity index (χ4n) is 9.17. The van der Waals surface area contributed by atoms with Crippen LogP contribution in [0.3, 0.4) is 0 Å². The van der Waals surface area contributed by atoms with Crippen LogP contribution in [0.1, 0.15) is 135 Å². The average molecular weight is 1150 g/mol. The van der Waals surface area contributed by atoms with Gasteiger partial charge >= 0.3 is 18.3 Å². The number of likely N-dealkylation sites (N-methyl/N-ethyl adjacent to an activating group) is 1. The number of ether oxygens (including phenoxy) is 5. The summed E-state index contributed by atoms with van der Waals surface area (Å²) in [4.78, 5) is 97.2. The summed E-state index contributed by atoms with van der Waals surface area (Å²) in [6.45, 7) is 18.8. The predicted molar refractivity (Wildman–Crippen MR) is 315 cm³/mol. The van der Waals surface area contributed by atoms with Gasteiger partial charge in [0, 0.05) is 29.2 Å². The van der Waals surface area contributed by atoms with Gasteiger partial charge in [-0.05, 0) is 173 Å². The second kappa shape index (κ2) is 28.5. The van der Waals surface area contributed by atoms with E-state index in [9.17, 15) is 33.9 Å². The van der Waals surface area contributed by atoms with Gasteiger partial charge in [0.2, 0.25) is 11.8 Å². The minimum Gasteiger partial charge on any atom is -0.491 e. The summed E-state index contributed by atoms with van der Waals surface area (Å²) in [6, 6.07) is 20.5. The van der Waals surface area contributed by atoms with Gasteiger partial charge in [-0.2, -0.15) is 0 Å². The van der Waals surface area contributed by atoms with Crippen molar-refractivity contribution in [2.75, 3.05) is 39.9 Å². The van der Waals surface area contributed by atoms with Gasteiger partial charge in [0.25, 0.3) is 5.91 Å². The second-order valence-corrected chi connectivity index (χ2v) is 24.1. The number of carbonyl (C=O) groups is 7. The third-order valence-electron chi connectivity index (χ3n) is 13.4. The Morgan fingerprint density at radius 2 is 1.19 bits per heavy atom. The number of nitrogens with zero attached hydrogens (tertiary/aromatic N) is 1. The third kappa shape index (κ3) is 20.0. The number of Topliss-reactive ketones (excluding diaryl/α,β-unsaturated/α-hetero) is 1. The van der Waals surface area contributed by atoms with Gasteiger partial charge in [-0.1, -0.05) is 61.9 Å². The number of aliphatic hydroxyl groups is 1. The Morgan fingerprint density at radius 3 is 1.72 bits per heavy atom. The summed E-state index contributed by atoms with van der Waals surface area (Å²) in [5.41, 5.74) is 2.67. The molecule has 1 aliphatic carbocycles. The number of alkyl carbamates (subject to hydrolysis) is 3. The SMILES string of the molecule is CCCCc1ccc(-c2ccc(C(=O)N[C@@H](CNC(=O)OC(C)(C)C)C(O)N(C)[C@@H]3C(=O)N[C@@H](C)C(=O)N[C@H](C(=O)C4CC4)Cc4ccc(OCCNC(=O)OC(C)(C)C)c(c4)-c4cc3ccc4OCCNC(=O)OC(C)(C)C)cc2)cc1. The van der Waals surface area contributed by atoms with E-state index in [1.807, 2.05) is 24.3 Å². The summed E-state index contributed by atoms with van der Waals surface area (Å²) in [7, 11) is 1.46. The summed E-state index contributed by atoms with van der Waals surface area (Å²) < 4.78 is 29.2. The van der Waals surface area contributed by atoms with Gasteiger partial charge in [-0.25, -0.2) is 14.4 Å². The van der Waals surface area contributed by atoms with E-state index in [1.54, 1.807) is 111 Å². The highest BCUT2D eigenvalue weighted by atomic mass is 16.6. The Hall–Kier alpha value is -7.71. The standard InChI is InChI=1S/C63H85N7O13/c1-13-14-15-39-16-19-41(20-17-39)42-21-25-44(26-22-42)55(73)69-49(37-66-60(78)83-63(9,10)11)57(75)70(12)52-45-27-29-51(80-33-31-65-59(77)82-62(6,7)8)47(36-45)46-34-40(18-28-50(46)79-32-30-64-58(76)81-61(3,4)5)35-48(53(71)43-23-24-43)68-54(72)38(2)67-56(52)74/h16-22,25-29,34,36,38,43,48-49,52,57,75H,13-15,23-24,30-33,35,37H2,1-12H3,(H,64,76)(H,65,77)(H,66,78)(H,67,74)(H,68,72)(H,69,73)/t38-,48-,49-,52-,57?/m0/s1. The van der Waals surface area contributed by atoms with Crippen molar-refractivity contribution in [3.8, 4) is 33.8 Å². The van der Waals surface area contributed by atoms with Crippen LogP contribution >= 0.6 is 0 Å². The van der Waals surface area contributed by atoms with Crippen LogP contribution in [0.2, 0.25) is 0 Å². The highest BCUT2D eigenvalue weighted by molar-refractivity contribution is 5.96. The zero-order valence-electron chi connectivity index (χ0n) is 50.1. The molecular formula is C63H85N7O13. The normalized spacial score (nSPS) is 17.3. The Morgan fingerprint density at radius 1 is 0.675 bits per heavy atom. The minimum absolute atomic E-state index is 0.0277. The van der Waals surface area contributed by atoms with Crippen LogP contribution in [-0.4, -0.2) is 133 Å². The molecule has 450 valence electrons. The number of rotatable bonds is 21. The zero-order valence-corrected chi connectivity index (χ0v) is 50.1. The molecule has 7 N–H and O–H groups in total. The van der Waals surface area contributed by atoms with Crippen LogP contribution in [0, 0.1) is 5.92 Å². The number of hydrogen-bond donors (Lipinski definition) is 7. The molecule has 2 aliphatic rings. The van der Waals surface area contributed by atoms with E-state index in [1.165, 1.54) is 24.4 Å². The molecular weight excluding hydrogens is 1060 g/mol. The molecule has 6 rings (SSSR count). The molecule has 1 heterocycles. The number of carbonyl (C=O) groups excluding carboxylic acids is 7. The lowest BCUT2D eigenvalue weighted by Gasteiger charge is -2.37. The molecule has 5 atom stereocenters. The highest BCUT2D eigenvalue weighted by Gasteiger charge is 2.39. The molecule has 4 aromatic rings. The Balaban J connectivity index is 1.42. The predicted octanol–water partition coefficient (Wildman–Crippen LogP) is 8.31. The van der Waals surface area contributed by atoms with Gasteiger partial charge in [0.15, 0.2) is 5.78 Å². The van der Waals surface area contributed by atoms with Gasteiger partial charge in [-0.3, -0.25) is 24.1 Å². The van der Waals surface area contributed by atoms with E-state index in [2.05, 4.69) is 51.0 Å². The molecule has 4 bridgehead atoms. The molecule has 4 aromatic carbocycles. The Kier molecular flexibility index (Phi) is 22.1. The molecule has 0 aromatic heterocycles. The van der Waals surface area contributed by atoms with Gasteiger partial charge < -0.3 is 60.7 Å². The van der Waals surface area contributed by atoms with E-state index in [4.69, 9.17) is 23.7 Å². The van der Waals surface area contributed by atoms with Crippen molar-refractivity contribution in [1.29, 1.82) is 0 Å². The maximum atomic E-state index is 15.1. The highest BCUT2D eigenvalue weighted by Crippen LogP contribution is 2.41. The summed E-state index contributed by atoms with van der Waals surface area (Å²) in [5.74, 6) is -1.79. The summed E-state index contributed by atoms with van der Waals surface area (Å²) >= 11 is 0. The van der Waals surface area contributed by atoms with Gasteiger partial charge in [0.1, 0.15) is 59.8 Å². The largest absolute Gasteiger partial charge is 0.491 e. The number of nitrogens with one attached hydrogen (secondary N) is 6. The van der Waals surface area contributed by atoms with Gasteiger partial charge in [0.05, 0.1) is 25.2 Å². The van der Waals surface area contributed by atoms with Crippen LogP contribution in [0.4, 0.5) is 14.4 Å². The topological polar surface area (TPSA) is 261 Å². The van der Waals surface area contributed by atoms with Crippen LogP contribution in [0.5, 0.6) is 11.5 Å². The fraction of sp³-hybridized carbons (Fsp3) is 0.508. The fourth-order valence-corrected chi connectivity index (χ4v) is 9.17. The average Bonchev–Trinajstić information content (AvgIpc) is 3.88. The molecule has 1 fully saturated rings. The summed E-state index contributed by atoms with van der Waals surface area (Å²) in [5, 5.41) is 29.3. The van der Waals surface area contributed by atoms with Crippen LogP contribution < -0.4 is 41.4 Å². The Bertz CT molecular complexity index is 2910. The van der Waals surface area contributed by atoms with Gasteiger partial charge in [-0.15, -0.1) is 0 Å². The monoisotopic (exact) mass is 1150 g/mol. The van der Waals surface area contributed by atoms with E-state index < -0.39 is 83.2 Å². The Labute approximate surface area is 487 Å². The van der Waals surface area contributed by atoms with E-state index in [-0.39, 0.29) is 67.8 Å². The number of aliphatic hydroxyl groups excluding tert-OH is 1. The molecule has 1 unspecified atom stereocenters. The van der Waals surface area contributed by atoms with Crippen molar-refractivity contribution < 1.29 is 62.4 Å². The van der Waals surface area contributed by atoms with Crippen molar-refractivity contribution >= 4 is 41.8 Å². The smallest absolute Gasteiger partial charge is 0.407 e. The number of benzene rings is 4. The van der Waals surface area contributed by atoms with Crippen LogP contribution in [-0.2, 0) is 41.4 Å². The molecule has 0 saturated heterocycles. The summed E-state index contributed by atoms with van der Waals surface area (Å²) in [6.07, 6.45) is 0.744. The molecule has 0 spiro atoms. The maximum absolute atomic E-state index is 15.1. The molecule has 83 heavy (non-hydrogen) atoms. The maximum Gasteiger partial charge on any atom is 0.407 e. The van der Waals surface area contributed by atoms with E-state index in [0.717, 1.165) is 30.4 Å². The molecule has 20 heteroatoms. The number of unbranched alkanes of at least 4 members (excludes halogenated alkanes) is 1. The van der Waals surface area contributed by atoms with E-state index in [0.29, 0.717) is 35.3 Å². The third-order valence-corrected chi connectivity index (χ3v) is 13.4. The first kappa shape index (κ1) is 64.5. The first-order chi connectivity index (χ1) is 39.1. The van der Waals surface area contributed by atoms with Crippen molar-refractivity contribution in [3.05, 3.63) is 107 Å². The second-order valence-electron chi connectivity index (χ2n) is 24.1. The molecule has 6 amide bonds. The van der Waals surface area contributed by atoms with Crippen LogP contribution in [0.15, 0.2) is 84.9 Å². The van der Waals surface area contributed by atoms with Crippen molar-refractivity contribution in [1.82, 2.24) is 36.8 Å². The molecule has 1 saturated carbocycles. The molecule has 20 nitrogen and oxygen atoms in total. The lowest BCUT2D eigenvalue weighted by atomic mass is 9.92. The number of fused-ring (bicyclic) bond motifs is 5. The zero-order chi connectivity index (χ0) is 60.8. The quantitative estimate of drug-likeness (QED) is 0.0235. The van der Waals surface area contributed by atoms with Crippen LogP contribution in [0.25, 0.3) is 22.3 Å². The number of ketones is 1. The van der Waals surface area contributed by atoms with Crippen molar-refractivity contribution in [2.24, 2.45) is 5.92 Å². The lowest BCUT2D eigenvalue weighted by molar-refractivity contribution is -0.136. The number of amides is 6. The van der Waals surface area contributed by atoms with Crippen molar-refractivity contribution in [3.63, 3.8) is 0 Å². The number of aryl methyl sites for hydroxylation is 1. The molecule has 1 aliphatic heterocycles. The lowest BCUT2D eigenvalue weighted by Crippen LogP contribution is -2.58. The van der Waals surface area contributed by atoms with Crippen molar-refractivity contribution in [2.45, 2.75) is 162 Å². The first-order valence-electron chi connectivity index (χ1n) is 28.6. The first-order valence-corrected chi connectivity index (χ1v) is 28.6. The minimum atomic E-state index is -1.74. The van der Waals surface area contributed by atoms with E-state index >= 15 is 4.79 Å². The molecule has 0 radical (unpaired) electrons.